The standard InChI is InChI=1S/C17H16O3/c1-19-16-13-9-5-6-10-15(13)20-17(18)14(16)11-12-7-3-2-4-8-12/h2-10,13,15H,11H2,1H3. The van der Waals surface area contributed by atoms with Crippen molar-refractivity contribution in [3.63, 3.8) is 0 Å². The number of esters is 1. The van der Waals surface area contributed by atoms with Crippen LogP contribution in [0.4, 0.5) is 0 Å². The fourth-order valence-corrected chi connectivity index (χ4v) is 2.65. The Hall–Kier alpha value is -2.29. The number of allylic oxidation sites excluding steroid dienone is 2. The summed E-state index contributed by atoms with van der Waals surface area (Å²) in [6.07, 6.45) is 8.04. The lowest BCUT2D eigenvalue weighted by Gasteiger charge is -2.32. The summed E-state index contributed by atoms with van der Waals surface area (Å²) in [5.74, 6) is 0.420. The van der Waals surface area contributed by atoms with Crippen LogP contribution in [0.3, 0.4) is 0 Å². The summed E-state index contributed by atoms with van der Waals surface area (Å²) in [4.78, 5) is 12.2. The first-order valence-corrected chi connectivity index (χ1v) is 6.66. The minimum Gasteiger partial charge on any atom is -0.500 e. The fourth-order valence-electron chi connectivity index (χ4n) is 2.65. The quantitative estimate of drug-likeness (QED) is 0.791. The zero-order chi connectivity index (χ0) is 13.9. The molecule has 0 amide bonds. The van der Waals surface area contributed by atoms with E-state index in [0.29, 0.717) is 12.0 Å². The van der Waals surface area contributed by atoms with Gasteiger partial charge in [0.05, 0.1) is 18.6 Å². The number of methoxy groups -OCH3 is 1. The van der Waals surface area contributed by atoms with Gasteiger partial charge < -0.3 is 9.47 Å². The van der Waals surface area contributed by atoms with Crippen LogP contribution in [0.15, 0.2) is 66.0 Å². The summed E-state index contributed by atoms with van der Waals surface area (Å²) < 4.78 is 11.0. The summed E-state index contributed by atoms with van der Waals surface area (Å²) in [5.41, 5.74) is 1.68. The van der Waals surface area contributed by atoms with Crippen molar-refractivity contribution in [1.82, 2.24) is 0 Å². The molecule has 1 aromatic carbocycles. The van der Waals surface area contributed by atoms with Crippen molar-refractivity contribution in [2.45, 2.75) is 12.5 Å². The Morgan fingerprint density at radius 3 is 2.65 bits per heavy atom. The summed E-state index contributed by atoms with van der Waals surface area (Å²) in [6.45, 7) is 0. The van der Waals surface area contributed by atoms with Crippen LogP contribution < -0.4 is 0 Å². The van der Waals surface area contributed by atoms with E-state index in [9.17, 15) is 4.79 Å². The van der Waals surface area contributed by atoms with E-state index in [1.165, 1.54) is 0 Å². The number of carbonyl (C=O) groups is 1. The SMILES string of the molecule is COC1=C(Cc2ccccc2)C(=O)OC2C=CC=CC12. The second kappa shape index (κ2) is 5.37. The van der Waals surface area contributed by atoms with E-state index in [1.807, 2.05) is 54.6 Å². The summed E-state index contributed by atoms with van der Waals surface area (Å²) in [7, 11) is 1.61. The highest BCUT2D eigenvalue weighted by atomic mass is 16.6. The Bertz CT molecular complexity index is 596. The van der Waals surface area contributed by atoms with Crippen molar-refractivity contribution in [3.8, 4) is 0 Å². The molecule has 20 heavy (non-hydrogen) atoms. The summed E-state index contributed by atoms with van der Waals surface area (Å²) in [6, 6.07) is 9.87. The molecule has 1 aliphatic carbocycles. The zero-order valence-electron chi connectivity index (χ0n) is 11.3. The Kier molecular flexibility index (Phi) is 3.42. The first-order chi connectivity index (χ1) is 9.79. The summed E-state index contributed by atoms with van der Waals surface area (Å²) >= 11 is 0. The molecule has 0 saturated carbocycles. The van der Waals surface area contributed by atoms with Crippen LogP contribution in [-0.2, 0) is 20.7 Å². The minimum absolute atomic E-state index is 0.0126. The third-order valence-electron chi connectivity index (χ3n) is 3.62. The molecule has 2 unspecified atom stereocenters. The Labute approximate surface area is 118 Å². The molecule has 1 heterocycles. The first kappa shape index (κ1) is 12.7. The Morgan fingerprint density at radius 1 is 1.15 bits per heavy atom. The third-order valence-corrected chi connectivity index (χ3v) is 3.62. The number of carbonyl (C=O) groups excluding carboxylic acids is 1. The van der Waals surface area contributed by atoms with Gasteiger partial charge >= 0.3 is 5.97 Å². The van der Waals surface area contributed by atoms with Gasteiger partial charge in [0.1, 0.15) is 11.9 Å². The molecule has 2 atom stereocenters. The van der Waals surface area contributed by atoms with Crippen LogP contribution in [0.5, 0.6) is 0 Å². The number of ether oxygens (including phenoxy) is 2. The normalized spacial score (nSPS) is 24.4. The number of benzene rings is 1. The maximum Gasteiger partial charge on any atom is 0.338 e. The van der Waals surface area contributed by atoms with E-state index in [1.54, 1.807) is 7.11 Å². The van der Waals surface area contributed by atoms with Gasteiger partial charge in [-0.15, -0.1) is 0 Å². The van der Waals surface area contributed by atoms with E-state index < -0.39 is 0 Å². The summed E-state index contributed by atoms with van der Waals surface area (Å²) in [5, 5.41) is 0. The van der Waals surface area contributed by atoms with Gasteiger partial charge in [-0.2, -0.15) is 0 Å². The Balaban J connectivity index is 1.97. The van der Waals surface area contributed by atoms with Crippen LogP contribution in [0.1, 0.15) is 5.56 Å². The molecule has 0 bridgehead atoms. The molecule has 0 fully saturated rings. The smallest absolute Gasteiger partial charge is 0.338 e. The van der Waals surface area contributed by atoms with Gasteiger partial charge in [0.25, 0.3) is 0 Å². The molecule has 3 rings (SSSR count). The monoisotopic (exact) mass is 268 g/mol. The molecule has 3 nitrogen and oxygen atoms in total. The predicted octanol–water partition coefficient (Wildman–Crippen LogP) is 2.80. The first-order valence-electron chi connectivity index (χ1n) is 6.66. The molecule has 0 aromatic heterocycles. The number of fused-ring (bicyclic) bond motifs is 1. The molecule has 0 radical (unpaired) electrons. The highest BCUT2D eigenvalue weighted by Gasteiger charge is 2.36. The molecule has 2 aliphatic rings. The van der Waals surface area contributed by atoms with E-state index >= 15 is 0 Å². The minimum atomic E-state index is -0.285. The molecule has 3 heteroatoms. The maximum absolute atomic E-state index is 12.2. The van der Waals surface area contributed by atoms with Gasteiger partial charge in [-0.05, 0) is 11.6 Å². The fraction of sp³-hybridized carbons (Fsp3) is 0.235. The van der Waals surface area contributed by atoms with Crippen LogP contribution >= 0.6 is 0 Å². The molecule has 0 N–H and O–H groups in total. The average Bonchev–Trinajstić information content (AvgIpc) is 2.49. The van der Waals surface area contributed by atoms with Crippen molar-refractivity contribution in [2.75, 3.05) is 7.11 Å². The van der Waals surface area contributed by atoms with Crippen molar-refractivity contribution < 1.29 is 14.3 Å². The van der Waals surface area contributed by atoms with Gasteiger partial charge in [0, 0.05) is 6.42 Å². The lowest BCUT2D eigenvalue weighted by molar-refractivity contribution is -0.146. The van der Waals surface area contributed by atoms with Gasteiger partial charge in [-0.25, -0.2) is 4.79 Å². The van der Waals surface area contributed by atoms with Crippen LogP contribution in [0.2, 0.25) is 0 Å². The Morgan fingerprint density at radius 2 is 1.90 bits per heavy atom. The molecule has 0 saturated heterocycles. The van der Waals surface area contributed by atoms with Crippen molar-refractivity contribution >= 4 is 5.97 Å². The van der Waals surface area contributed by atoms with E-state index in [-0.39, 0.29) is 18.0 Å². The largest absolute Gasteiger partial charge is 0.500 e. The van der Waals surface area contributed by atoms with Crippen molar-refractivity contribution in [2.24, 2.45) is 5.92 Å². The molecule has 102 valence electrons. The van der Waals surface area contributed by atoms with Crippen LogP contribution in [0.25, 0.3) is 0 Å². The van der Waals surface area contributed by atoms with Crippen LogP contribution in [-0.4, -0.2) is 19.2 Å². The van der Waals surface area contributed by atoms with Gasteiger partial charge in [-0.3, -0.25) is 0 Å². The van der Waals surface area contributed by atoms with Gasteiger partial charge in [0.2, 0.25) is 0 Å². The zero-order valence-corrected chi connectivity index (χ0v) is 11.3. The second-order valence-electron chi connectivity index (χ2n) is 4.87. The average molecular weight is 268 g/mol. The van der Waals surface area contributed by atoms with Crippen LogP contribution in [0, 0.1) is 5.92 Å². The molecule has 0 spiro atoms. The highest BCUT2D eigenvalue weighted by molar-refractivity contribution is 5.91. The molecular formula is C17H16O3. The van der Waals surface area contributed by atoms with Gasteiger partial charge in [0.15, 0.2) is 0 Å². The van der Waals surface area contributed by atoms with Gasteiger partial charge in [-0.1, -0.05) is 48.6 Å². The van der Waals surface area contributed by atoms with E-state index in [0.717, 1.165) is 11.3 Å². The molecule has 1 aromatic rings. The second-order valence-corrected chi connectivity index (χ2v) is 4.87. The molecular weight excluding hydrogens is 252 g/mol. The number of hydrogen-bond acceptors (Lipinski definition) is 3. The topological polar surface area (TPSA) is 35.5 Å². The van der Waals surface area contributed by atoms with E-state index in [2.05, 4.69) is 0 Å². The molecule has 1 aliphatic heterocycles. The maximum atomic E-state index is 12.2. The van der Waals surface area contributed by atoms with E-state index in [4.69, 9.17) is 9.47 Å². The predicted molar refractivity (Wildman–Crippen MR) is 75.8 cm³/mol. The highest BCUT2D eigenvalue weighted by Crippen LogP contribution is 2.33. The van der Waals surface area contributed by atoms with Crippen molar-refractivity contribution in [1.29, 1.82) is 0 Å². The lowest BCUT2D eigenvalue weighted by atomic mass is 9.88. The number of hydrogen-bond donors (Lipinski definition) is 0. The lowest BCUT2D eigenvalue weighted by Crippen LogP contribution is -2.35. The number of rotatable bonds is 3. The third kappa shape index (κ3) is 2.27. The van der Waals surface area contributed by atoms with Crippen molar-refractivity contribution in [3.05, 3.63) is 71.5 Å².